The monoisotopic (exact) mass is 403 g/mol. The van der Waals surface area contributed by atoms with Crippen LogP contribution in [0.2, 0.25) is 0 Å². The van der Waals surface area contributed by atoms with E-state index >= 15 is 0 Å². The Morgan fingerprint density at radius 1 is 1.11 bits per heavy atom. The number of Topliss-reactive ketones (excluding diaryl/α,β-unsaturated/α-hetero) is 1. The van der Waals surface area contributed by atoms with E-state index < -0.39 is 11.9 Å². The average Bonchev–Trinajstić information content (AvgIpc) is 3.18. The molecule has 148 valence electrons. The van der Waals surface area contributed by atoms with Crippen LogP contribution in [-0.4, -0.2) is 38.0 Å². The van der Waals surface area contributed by atoms with Crippen molar-refractivity contribution >= 4 is 35.1 Å². The van der Waals surface area contributed by atoms with Crippen LogP contribution in [0.15, 0.2) is 36.4 Å². The topological polar surface area (TPSA) is 105 Å². The van der Waals surface area contributed by atoms with Crippen LogP contribution in [0.1, 0.15) is 27.0 Å². The molecule has 7 nitrogen and oxygen atoms in total. The summed E-state index contributed by atoms with van der Waals surface area (Å²) in [4.78, 5) is 36.4. The van der Waals surface area contributed by atoms with E-state index in [4.69, 9.17) is 19.9 Å². The van der Waals surface area contributed by atoms with Crippen molar-refractivity contribution in [2.75, 3.05) is 20.3 Å². The van der Waals surface area contributed by atoms with Crippen LogP contribution in [0.4, 0.5) is 0 Å². The maximum Gasteiger partial charge on any atom is 0.331 e. The van der Waals surface area contributed by atoms with Gasteiger partial charge in [0, 0.05) is 11.0 Å². The van der Waals surface area contributed by atoms with Crippen molar-refractivity contribution in [2.24, 2.45) is 5.73 Å². The summed E-state index contributed by atoms with van der Waals surface area (Å²) in [6.07, 6.45) is 3.60. The number of ether oxygens (including phenoxy) is 3. The Morgan fingerprint density at radius 2 is 1.89 bits per heavy atom. The van der Waals surface area contributed by atoms with Crippen LogP contribution < -0.4 is 15.2 Å². The molecule has 0 radical (unpaired) electrons. The number of primary amides is 1. The van der Waals surface area contributed by atoms with E-state index in [-0.39, 0.29) is 19.0 Å². The zero-order chi connectivity index (χ0) is 20.5. The number of thiophene rings is 1. The summed E-state index contributed by atoms with van der Waals surface area (Å²) in [5.41, 5.74) is 5.70. The van der Waals surface area contributed by atoms with Gasteiger partial charge in [-0.1, -0.05) is 13.0 Å². The van der Waals surface area contributed by atoms with E-state index in [9.17, 15) is 14.4 Å². The molecule has 2 N–H and O–H groups in total. The number of carbonyl (C=O) groups is 3. The van der Waals surface area contributed by atoms with E-state index in [0.29, 0.717) is 21.9 Å². The number of hydrogen-bond donors (Lipinski definition) is 1. The molecule has 1 amide bonds. The molecule has 8 heteroatoms. The Hall–Kier alpha value is -3.13. The first-order chi connectivity index (χ1) is 13.4. The zero-order valence-corrected chi connectivity index (χ0v) is 16.4. The van der Waals surface area contributed by atoms with Gasteiger partial charge in [0.2, 0.25) is 5.78 Å². The minimum atomic E-state index is -0.631. The van der Waals surface area contributed by atoms with Gasteiger partial charge in [0.15, 0.2) is 24.7 Å². The van der Waals surface area contributed by atoms with Crippen molar-refractivity contribution in [1.82, 2.24) is 0 Å². The second kappa shape index (κ2) is 10.3. The van der Waals surface area contributed by atoms with E-state index in [2.05, 4.69) is 0 Å². The van der Waals surface area contributed by atoms with Gasteiger partial charge in [0.1, 0.15) is 0 Å². The number of ketones is 1. The first kappa shape index (κ1) is 21.2. The predicted octanol–water partition coefficient (Wildman–Crippen LogP) is 2.62. The number of hydrogen-bond acceptors (Lipinski definition) is 7. The normalized spacial score (nSPS) is 10.6. The lowest BCUT2D eigenvalue weighted by Crippen LogP contribution is -2.20. The van der Waals surface area contributed by atoms with Crippen molar-refractivity contribution in [3.05, 3.63) is 51.7 Å². The maximum absolute atomic E-state index is 12.0. The average molecular weight is 403 g/mol. The smallest absolute Gasteiger partial charge is 0.331 e. The van der Waals surface area contributed by atoms with Crippen LogP contribution in [0.5, 0.6) is 11.5 Å². The second-order valence-electron chi connectivity index (χ2n) is 5.65. The van der Waals surface area contributed by atoms with Crippen molar-refractivity contribution in [1.29, 1.82) is 0 Å². The molecule has 28 heavy (non-hydrogen) atoms. The lowest BCUT2D eigenvalue weighted by atomic mass is 10.2. The number of nitrogens with two attached hydrogens (primary N) is 1. The number of esters is 1. The van der Waals surface area contributed by atoms with Crippen LogP contribution in [-0.2, 0) is 20.7 Å². The van der Waals surface area contributed by atoms with Gasteiger partial charge in [-0.05, 0) is 42.3 Å². The van der Waals surface area contributed by atoms with Gasteiger partial charge < -0.3 is 19.9 Å². The third-order valence-electron chi connectivity index (χ3n) is 3.60. The molecule has 2 rings (SSSR count). The van der Waals surface area contributed by atoms with Crippen molar-refractivity contribution in [2.45, 2.75) is 13.3 Å². The molecule has 0 atom stereocenters. The summed E-state index contributed by atoms with van der Waals surface area (Å²) in [6.45, 7) is 1.43. The Balaban J connectivity index is 1.92. The second-order valence-corrected chi connectivity index (χ2v) is 6.82. The van der Waals surface area contributed by atoms with Gasteiger partial charge >= 0.3 is 5.97 Å². The number of amides is 1. The molecule has 1 aromatic heterocycles. The Morgan fingerprint density at radius 3 is 2.54 bits per heavy atom. The van der Waals surface area contributed by atoms with Crippen molar-refractivity contribution < 1.29 is 28.6 Å². The fraction of sp³-hybridized carbons (Fsp3) is 0.250. The highest BCUT2D eigenvalue weighted by Crippen LogP contribution is 2.28. The molecule has 0 saturated heterocycles. The number of benzene rings is 1. The molecule has 1 heterocycles. The highest BCUT2D eigenvalue weighted by Gasteiger charge is 2.11. The summed E-state index contributed by atoms with van der Waals surface area (Å²) < 4.78 is 15.4. The predicted molar refractivity (Wildman–Crippen MR) is 106 cm³/mol. The molecule has 0 spiro atoms. The highest BCUT2D eigenvalue weighted by molar-refractivity contribution is 7.14. The van der Waals surface area contributed by atoms with Gasteiger partial charge in [0.25, 0.3) is 5.91 Å². The highest BCUT2D eigenvalue weighted by atomic mass is 32.1. The molecule has 0 saturated carbocycles. The zero-order valence-electron chi connectivity index (χ0n) is 15.6. The minimum absolute atomic E-state index is 0.232. The molecule has 0 unspecified atom stereocenters. The van der Waals surface area contributed by atoms with Crippen LogP contribution in [0, 0.1) is 0 Å². The molecule has 2 aromatic rings. The van der Waals surface area contributed by atoms with Crippen LogP contribution in [0.25, 0.3) is 6.08 Å². The molecular formula is C20H21NO6S. The summed E-state index contributed by atoms with van der Waals surface area (Å²) >= 11 is 1.40. The Kier molecular flexibility index (Phi) is 7.76. The SMILES string of the molecule is CCc1ccc(C(=O)COC(=O)/C=C/c2ccc(OCC(N)=O)c(OC)c2)s1. The van der Waals surface area contributed by atoms with Crippen molar-refractivity contribution in [3.8, 4) is 11.5 Å². The maximum atomic E-state index is 12.0. The summed E-state index contributed by atoms with van der Waals surface area (Å²) in [6, 6.07) is 8.53. The molecule has 0 aliphatic rings. The first-order valence-electron chi connectivity index (χ1n) is 8.48. The van der Waals surface area contributed by atoms with Gasteiger partial charge in [0.05, 0.1) is 12.0 Å². The fourth-order valence-electron chi connectivity index (χ4n) is 2.19. The van der Waals surface area contributed by atoms with Crippen LogP contribution >= 0.6 is 11.3 Å². The number of rotatable bonds is 10. The molecule has 0 aliphatic carbocycles. The molecular weight excluding hydrogens is 382 g/mol. The van der Waals surface area contributed by atoms with E-state index in [1.54, 1.807) is 24.3 Å². The van der Waals surface area contributed by atoms with Crippen molar-refractivity contribution in [3.63, 3.8) is 0 Å². The largest absolute Gasteiger partial charge is 0.493 e. The van der Waals surface area contributed by atoms with Gasteiger partial charge in [-0.3, -0.25) is 9.59 Å². The van der Waals surface area contributed by atoms with Gasteiger partial charge in [-0.25, -0.2) is 4.79 Å². The Bertz CT molecular complexity index is 887. The fourth-order valence-corrected chi connectivity index (χ4v) is 3.07. The van der Waals surface area contributed by atoms with Gasteiger partial charge in [-0.2, -0.15) is 0 Å². The third-order valence-corrected chi connectivity index (χ3v) is 4.87. The van der Waals surface area contributed by atoms with E-state index in [0.717, 1.165) is 11.3 Å². The Labute approximate surface area is 166 Å². The quantitative estimate of drug-likeness (QED) is 0.371. The molecule has 0 aliphatic heterocycles. The minimum Gasteiger partial charge on any atom is -0.493 e. The molecule has 0 bridgehead atoms. The van der Waals surface area contributed by atoms with Crippen LogP contribution in [0.3, 0.4) is 0 Å². The molecule has 1 aromatic carbocycles. The van der Waals surface area contributed by atoms with E-state index in [1.807, 2.05) is 13.0 Å². The number of carbonyl (C=O) groups excluding carboxylic acids is 3. The molecule has 0 fully saturated rings. The summed E-state index contributed by atoms with van der Waals surface area (Å²) in [7, 11) is 1.45. The summed E-state index contributed by atoms with van der Waals surface area (Å²) in [5.74, 6) is -0.722. The van der Waals surface area contributed by atoms with Gasteiger partial charge in [-0.15, -0.1) is 11.3 Å². The lowest BCUT2D eigenvalue weighted by molar-refractivity contribution is -0.136. The standard InChI is InChI=1S/C20H21NO6S/c1-3-14-6-8-18(28-14)15(22)11-27-20(24)9-5-13-4-7-16(17(10-13)25-2)26-12-19(21)23/h4-10H,3,11-12H2,1-2H3,(H2,21,23)/b9-5+. The third kappa shape index (κ3) is 6.24. The first-order valence-corrected chi connectivity index (χ1v) is 9.30. The summed E-state index contributed by atoms with van der Waals surface area (Å²) in [5, 5.41) is 0. The number of aryl methyl sites for hydroxylation is 1. The number of methoxy groups -OCH3 is 1. The lowest BCUT2D eigenvalue weighted by Gasteiger charge is -2.09. The van der Waals surface area contributed by atoms with E-state index in [1.165, 1.54) is 30.6 Å².